The summed E-state index contributed by atoms with van der Waals surface area (Å²) in [4.78, 5) is 57.1. The number of hydrogen-bond acceptors (Lipinski definition) is 6. The van der Waals surface area contributed by atoms with Crippen LogP contribution in [-0.2, 0) is 19.2 Å². The zero-order valence-electron chi connectivity index (χ0n) is 23.9. The molecule has 0 N–H and O–H groups in total. The van der Waals surface area contributed by atoms with Crippen LogP contribution in [0.3, 0.4) is 0 Å². The first-order valence-electron chi connectivity index (χ1n) is 14.8. The Bertz CT molecular complexity index is 1770. The van der Waals surface area contributed by atoms with E-state index in [2.05, 4.69) is 24.3 Å². The van der Waals surface area contributed by atoms with Crippen molar-refractivity contribution in [2.75, 3.05) is 23.5 Å². The van der Waals surface area contributed by atoms with E-state index in [0.717, 1.165) is 22.3 Å². The summed E-state index contributed by atoms with van der Waals surface area (Å²) in [7, 11) is 1.53. The number of benzene rings is 4. The van der Waals surface area contributed by atoms with Gasteiger partial charge >= 0.3 is 5.97 Å². The molecule has 4 aromatic rings. The van der Waals surface area contributed by atoms with E-state index in [9.17, 15) is 19.2 Å². The summed E-state index contributed by atoms with van der Waals surface area (Å²) >= 11 is 0. The van der Waals surface area contributed by atoms with E-state index in [1.807, 2.05) is 36.4 Å². The van der Waals surface area contributed by atoms with Crippen LogP contribution in [0, 0.1) is 17.8 Å². The zero-order valence-corrected chi connectivity index (χ0v) is 23.9. The Kier molecular flexibility index (Phi) is 5.94. The summed E-state index contributed by atoms with van der Waals surface area (Å²) in [6.45, 7) is 0.161. The molecule has 0 spiro atoms. The van der Waals surface area contributed by atoms with Crippen molar-refractivity contribution < 1.29 is 28.7 Å². The third-order valence-corrected chi connectivity index (χ3v) is 9.58. The van der Waals surface area contributed by atoms with E-state index in [4.69, 9.17) is 9.47 Å². The van der Waals surface area contributed by atoms with Crippen LogP contribution in [0.4, 0.5) is 11.4 Å². The molecule has 8 nitrogen and oxygen atoms in total. The lowest BCUT2D eigenvalue weighted by atomic mass is 9.55. The number of ether oxygens (including phenoxy) is 2. The molecule has 0 aromatic heterocycles. The first-order chi connectivity index (χ1) is 21.5. The number of anilines is 2. The molecular weight excluding hydrogens is 556 g/mol. The standard InChI is InChI=1S/C36H28N2O6/c1-43-28-16-7-6-15-27(28)37-19-20(17-29(37)39)36(42)44-22-10-8-9-21(18-22)38-34(40)32-30-23-11-2-3-12-24(23)31(33(32)35(38)41)26-14-5-4-13-25(26)30/h2-16,18,20,30-33H,17,19H2,1H3/t20-,30?,31?,32-,33+/m1/s1. The van der Waals surface area contributed by atoms with Gasteiger partial charge in [0.1, 0.15) is 11.5 Å². The van der Waals surface area contributed by atoms with Gasteiger partial charge in [0.25, 0.3) is 0 Å². The number of esters is 1. The van der Waals surface area contributed by atoms with Gasteiger partial charge in [-0.3, -0.25) is 19.2 Å². The normalized spacial score (nSPS) is 24.7. The predicted octanol–water partition coefficient (Wildman–Crippen LogP) is 5.05. The maximum Gasteiger partial charge on any atom is 0.316 e. The number of nitrogens with zero attached hydrogens (tertiary/aromatic N) is 2. The molecular formula is C36H28N2O6. The lowest BCUT2D eigenvalue weighted by Gasteiger charge is -2.45. The van der Waals surface area contributed by atoms with Crippen molar-refractivity contribution >= 4 is 35.1 Å². The Morgan fingerprint density at radius 2 is 1.30 bits per heavy atom. The fourth-order valence-corrected chi connectivity index (χ4v) is 7.77. The topological polar surface area (TPSA) is 93.2 Å². The molecule has 218 valence electrons. The number of para-hydroxylation sites is 2. The van der Waals surface area contributed by atoms with E-state index in [0.29, 0.717) is 17.1 Å². The smallest absolute Gasteiger partial charge is 0.316 e. The molecule has 2 aliphatic heterocycles. The second kappa shape index (κ2) is 9.91. The van der Waals surface area contributed by atoms with Crippen molar-refractivity contribution in [2.24, 2.45) is 17.8 Å². The molecule has 2 fully saturated rings. The van der Waals surface area contributed by atoms with E-state index in [1.165, 1.54) is 16.9 Å². The summed E-state index contributed by atoms with van der Waals surface area (Å²) in [5.74, 6) is -2.57. The van der Waals surface area contributed by atoms with Crippen LogP contribution in [0.15, 0.2) is 97.1 Å². The van der Waals surface area contributed by atoms with Gasteiger partial charge in [-0.1, -0.05) is 66.7 Å². The molecule has 2 saturated heterocycles. The fraction of sp³-hybridized carbons (Fsp3) is 0.222. The first-order valence-corrected chi connectivity index (χ1v) is 14.8. The number of amides is 3. The van der Waals surface area contributed by atoms with E-state index < -0.39 is 23.7 Å². The van der Waals surface area contributed by atoms with Gasteiger partial charge in [0.2, 0.25) is 17.7 Å². The van der Waals surface area contributed by atoms with E-state index in [1.54, 1.807) is 36.4 Å². The summed E-state index contributed by atoms with van der Waals surface area (Å²) in [5.41, 5.74) is 5.40. The maximum atomic E-state index is 14.1. The quantitative estimate of drug-likeness (QED) is 0.185. The van der Waals surface area contributed by atoms with E-state index >= 15 is 0 Å². The van der Waals surface area contributed by atoms with Crippen molar-refractivity contribution in [1.29, 1.82) is 0 Å². The monoisotopic (exact) mass is 584 g/mol. The minimum absolute atomic E-state index is 0.00687. The molecule has 9 rings (SSSR count). The lowest BCUT2D eigenvalue weighted by Crippen LogP contribution is -2.41. The fourth-order valence-electron chi connectivity index (χ4n) is 7.77. The molecule has 3 amide bonds. The van der Waals surface area contributed by atoms with Crippen molar-refractivity contribution in [1.82, 2.24) is 0 Å². The molecule has 0 unspecified atom stereocenters. The predicted molar refractivity (Wildman–Crippen MR) is 162 cm³/mol. The van der Waals surface area contributed by atoms with Gasteiger partial charge in [-0.2, -0.15) is 0 Å². The summed E-state index contributed by atoms with van der Waals surface area (Å²) in [5, 5.41) is 0. The zero-order chi connectivity index (χ0) is 30.1. The molecule has 2 bridgehead atoms. The van der Waals surface area contributed by atoms with Crippen molar-refractivity contribution in [2.45, 2.75) is 18.3 Å². The Labute approximate surface area is 253 Å². The van der Waals surface area contributed by atoms with Crippen LogP contribution in [0.25, 0.3) is 0 Å². The number of hydrogen-bond donors (Lipinski definition) is 0. The number of imide groups is 1. The Morgan fingerprint density at radius 1 is 0.727 bits per heavy atom. The summed E-state index contributed by atoms with van der Waals surface area (Å²) in [6, 6.07) is 29.9. The van der Waals surface area contributed by atoms with Gasteiger partial charge in [0.15, 0.2) is 0 Å². The molecule has 2 heterocycles. The van der Waals surface area contributed by atoms with Gasteiger partial charge in [0.05, 0.1) is 36.2 Å². The molecule has 8 heteroatoms. The van der Waals surface area contributed by atoms with Crippen molar-refractivity contribution in [3.63, 3.8) is 0 Å². The second-order valence-corrected chi connectivity index (χ2v) is 11.8. The van der Waals surface area contributed by atoms with Crippen LogP contribution in [-0.4, -0.2) is 37.3 Å². The van der Waals surface area contributed by atoms with Gasteiger partial charge in [-0.25, -0.2) is 4.90 Å². The highest BCUT2D eigenvalue weighted by atomic mass is 16.5. The number of rotatable bonds is 5. The van der Waals surface area contributed by atoms with Crippen LogP contribution < -0.4 is 19.3 Å². The minimum atomic E-state index is -0.679. The molecule has 44 heavy (non-hydrogen) atoms. The van der Waals surface area contributed by atoms with Crippen LogP contribution in [0.2, 0.25) is 0 Å². The number of carbonyl (C=O) groups excluding carboxylic acids is 4. The van der Waals surface area contributed by atoms with Gasteiger partial charge in [-0.05, 0) is 46.5 Å². The number of methoxy groups -OCH3 is 1. The third kappa shape index (κ3) is 3.76. The molecule has 4 aromatic carbocycles. The van der Waals surface area contributed by atoms with E-state index in [-0.39, 0.29) is 48.3 Å². The van der Waals surface area contributed by atoms with Gasteiger partial charge in [0, 0.05) is 30.9 Å². The summed E-state index contributed by atoms with van der Waals surface area (Å²) < 4.78 is 11.1. The Hall–Kier alpha value is -5.24. The van der Waals surface area contributed by atoms with Crippen molar-refractivity contribution in [3.8, 4) is 11.5 Å². The molecule has 0 saturated carbocycles. The van der Waals surface area contributed by atoms with Crippen molar-refractivity contribution in [3.05, 3.63) is 119 Å². The highest BCUT2D eigenvalue weighted by molar-refractivity contribution is 6.23. The Morgan fingerprint density at radius 3 is 1.89 bits per heavy atom. The average Bonchev–Trinajstić information content (AvgIpc) is 3.57. The molecule has 3 atom stereocenters. The highest BCUT2D eigenvalue weighted by Gasteiger charge is 2.61. The molecule has 0 radical (unpaired) electrons. The number of carbonyl (C=O) groups is 4. The van der Waals surface area contributed by atoms with Gasteiger partial charge < -0.3 is 14.4 Å². The van der Waals surface area contributed by atoms with Crippen LogP contribution in [0.5, 0.6) is 11.5 Å². The summed E-state index contributed by atoms with van der Waals surface area (Å²) in [6.07, 6.45) is 0.00687. The highest BCUT2D eigenvalue weighted by Crippen LogP contribution is 2.61. The SMILES string of the molecule is COc1ccccc1N1C[C@H](C(=O)Oc2cccc(N3C(=O)[C@@H]4C5c6ccccc6C(c6ccccc65)[C@@H]4C3=O)c2)CC1=O. The van der Waals surface area contributed by atoms with Crippen LogP contribution in [0.1, 0.15) is 40.5 Å². The molecule has 3 aliphatic carbocycles. The van der Waals surface area contributed by atoms with Gasteiger partial charge in [-0.15, -0.1) is 0 Å². The maximum absolute atomic E-state index is 14.1. The largest absolute Gasteiger partial charge is 0.495 e. The minimum Gasteiger partial charge on any atom is -0.495 e. The lowest BCUT2D eigenvalue weighted by molar-refractivity contribution is -0.139. The first kappa shape index (κ1) is 26.4. The molecule has 5 aliphatic rings. The third-order valence-electron chi connectivity index (χ3n) is 9.58. The average molecular weight is 585 g/mol. The second-order valence-electron chi connectivity index (χ2n) is 11.8. The Balaban J connectivity index is 1.06. The van der Waals surface area contributed by atoms with Crippen LogP contribution >= 0.6 is 0 Å².